The Bertz CT molecular complexity index is 446. The molecule has 2 aromatic rings. The van der Waals surface area contributed by atoms with Crippen molar-refractivity contribution >= 4 is 0 Å². The van der Waals surface area contributed by atoms with E-state index in [0.29, 0.717) is 17.5 Å². The second kappa shape index (κ2) is 4.01. The summed E-state index contributed by atoms with van der Waals surface area (Å²) >= 11 is 0. The highest BCUT2D eigenvalue weighted by Crippen LogP contribution is 2.19. The molecule has 0 saturated carbocycles. The number of nitrogens with zero attached hydrogens (tertiary/aromatic N) is 4. The van der Waals surface area contributed by atoms with Gasteiger partial charge in [-0.2, -0.15) is 10.1 Å². The molecule has 7 heteroatoms. The van der Waals surface area contributed by atoms with Gasteiger partial charge in [-0.3, -0.25) is 5.10 Å². The second-order valence-electron chi connectivity index (χ2n) is 3.91. The first-order valence-electron chi connectivity index (χ1n) is 5.08. The van der Waals surface area contributed by atoms with Gasteiger partial charge in [0.05, 0.1) is 5.54 Å². The van der Waals surface area contributed by atoms with E-state index < -0.39 is 0 Å². The summed E-state index contributed by atoms with van der Waals surface area (Å²) in [7, 11) is 0. The molecule has 7 nitrogen and oxygen atoms in total. The van der Waals surface area contributed by atoms with Crippen LogP contribution in [-0.4, -0.2) is 31.9 Å². The Hall–Kier alpha value is -1.76. The van der Waals surface area contributed by atoms with E-state index >= 15 is 0 Å². The molecule has 2 aromatic heterocycles. The van der Waals surface area contributed by atoms with Crippen molar-refractivity contribution in [2.24, 2.45) is 0 Å². The van der Waals surface area contributed by atoms with E-state index in [1.165, 1.54) is 6.33 Å². The van der Waals surface area contributed by atoms with E-state index in [2.05, 4.69) is 30.6 Å². The third-order valence-corrected chi connectivity index (χ3v) is 2.21. The van der Waals surface area contributed by atoms with Crippen LogP contribution in [0, 0.1) is 0 Å². The molecular weight excluding hydrogens is 208 g/mol. The average molecular weight is 222 g/mol. The van der Waals surface area contributed by atoms with Gasteiger partial charge >= 0.3 is 0 Å². The second-order valence-corrected chi connectivity index (χ2v) is 3.91. The Kier molecular flexibility index (Phi) is 2.69. The van der Waals surface area contributed by atoms with Gasteiger partial charge in [0.25, 0.3) is 0 Å². The highest BCUT2D eigenvalue weighted by Gasteiger charge is 2.27. The van der Waals surface area contributed by atoms with Gasteiger partial charge in [0.2, 0.25) is 11.7 Å². The van der Waals surface area contributed by atoms with Crippen LogP contribution in [0.1, 0.15) is 26.7 Å². The van der Waals surface area contributed by atoms with Gasteiger partial charge in [-0.1, -0.05) is 12.1 Å². The Morgan fingerprint density at radius 3 is 2.94 bits per heavy atom. The summed E-state index contributed by atoms with van der Waals surface area (Å²) in [4.78, 5) is 8.22. The van der Waals surface area contributed by atoms with Crippen molar-refractivity contribution in [3.8, 4) is 11.6 Å². The van der Waals surface area contributed by atoms with Gasteiger partial charge in [-0.05, 0) is 20.4 Å². The predicted molar refractivity (Wildman–Crippen MR) is 56.4 cm³/mol. The maximum absolute atomic E-state index is 5.19. The third kappa shape index (κ3) is 1.94. The molecular formula is C9H14N6O. The van der Waals surface area contributed by atoms with E-state index in [0.717, 1.165) is 6.54 Å². The van der Waals surface area contributed by atoms with E-state index in [1.807, 2.05) is 20.8 Å². The molecule has 0 spiro atoms. The Morgan fingerprint density at radius 1 is 1.50 bits per heavy atom. The number of hydrogen-bond acceptors (Lipinski definition) is 6. The number of aromatic nitrogens is 5. The molecule has 86 valence electrons. The topological polar surface area (TPSA) is 92.5 Å². The minimum Gasteiger partial charge on any atom is -0.337 e. The van der Waals surface area contributed by atoms with Crippen LogP contribution < -0.4 is 5.32 Å². The van der Waals surface area contributed by atoms with Crippen LogP contribution >= 0.6 is 0 Å². The van der Waals surface area contributed by atoms with Gasteiger partial charge in [0.1, 0.15) is 6.33 Å². The van der Waals surface area contributed by atoms with Crippen LogP contribution in [0.3, 0.4) is 0 Å². The molecule has 0 bridgehead atoms. The monoisotopic (exact) mass is 222 g/mol. The van der Waals surface area contributed by atoms with Crippen LogP contribution in [0.2, 0.25) is 0 Å². The lowest BCUT2D eigenvalue weighted by molar-refractivity contribution is 0.272. The number of hydrogen-bond donors (Lipinski definition) is 2. The molecule has 0 saturated heterocycles. The maximum Gasteiger partial charge on any atom is 0.246 e. The van der Waals surface area contributed by atoms with Crippen molar-refractivity contribution < 1.29 is 4.52 Å². The van der Waals surface area contributed by atoms with Crippen LogP contribution in [-0.2, 0) is 5.54 Å². The zero-order chi connectivity index (χ0) is 11.6. The van der Waals surface area contributed by atoms with E-state index in [4.69, 9.17) is 4.52 Å². The molecule has 0 fully saturated rings. The molecule has 0 aliphatic carbocycles. The standard InChI is InChI=1S/C9H14N6O/c1-4-11-9(2,3)8-13-7(15-16-8)6-10-5-12-14-6/h5,11H,4H2,1-3H3,(H,10,12,14). The summed E-state index contributed by atoms with van der Waals surface area (Å²) in [6.45, 7) is 6.81. The molecule has 0 amide bonds. The molecule has 0 radical (unpaired) electrons. The Balaban J connectivity index is 2.26. The summed E-state index contributed by atoms with van der Waals surface area (Å²) in [5.41, 5.74) is -0.347. The minimum atomic E-state index is -0.347. The molecule has 0 aliphatic heterocycles. The smallest absolute Gasteiger partial charge is 0.246 e. The van der Waals surface area contributed by atoms with Crippen LogP contribution in [0.4, 0.5) is 0 Å². The van der Waals surface area contributed by atoms with Gasteiger partial charge in [-0.15, -0.1) is 0 Å². The molecule has 16 heavy (non-hydrogen) atoms. The highest BCUT2D eigenvalue weighted by molar-refractivity contribution is 5.39. The molecule has 2 N–H and O–H groups in total. The number of rotatable bonds is 4. The van der Waals surface area contributed by atoms with Crippen molar-refractivity contribution in [3.05, 3.63) is 12.2 Å². The van der Waals surface area contributed by atoms with Gasteiger partial charge in [0, 0.05) is 0 Å². The molecule has 0 aliphatic rings. The summed E-state index contributed by atoms with van der Waals surface area (Å²) < 4.78 is 5.19. The van der Waals surface area contributed by atoms with Gasteiger partial charge in [0.15, 0.2) is 5.82 Å². The highest BCUT2D eigenvalue weighted by atomic mass is 16.5. The van der Waals surface area contributed by atoms with Crippen molar-refractivity contribution in [2.75, 3.05) is 6.54 Å². The largest absolute Gasteiger partial charge is 0.337 e. The summed E-state index contributed by atoms with van der Waals surface area (Å²) in [6, 6.07) is 0. The lowest BCUT2D eigenvalue weighted by Gasteiger charge is -2.20. The van der Waals surface area contributed by atoms with E-state index in [1.54, 1.807) is 0 Å². The normalized spacial score (nSPS) is 11.9. The van der Waals surface area contributed by atoms with Crippen molar-refractivity contribution in [1.82, 2.24) is 30.6 Å². The van der Waals surface area contributed by atoms with Gasteiger partial charge in [-0.25, -0.2) is 4.98 Å². The van der Waals surface area contributed by atoms with Crippen molar-refractivity contribution in [2.45, 2.75) is 26.3 Å². The lowest BCUT2D eigenvalue weighted by atomic mass is 10.1. The third-order valence-electron chi connectivity index (χ3n) is 2.21. The Labute approximate surface area is 92.7 Å². The van der Waals surface area contributed by atoms with Crippen LogP contribution in [0.5, 0.6) is 0 Å². The zero-order valence-corrected chi connectivity index (χ0v) is 9.48. The van der Waals surface area contributed by atoms with E-state index in [-0.39, 0.29) is 5.54 Å². The number of aromatic amines is 1. The average Bonchev–Trinajstić information content (AvgIpc) is 2.89. The van der Waals surface area contributed by atoms with Crippen molar-refractivity contribution in [3.63, 3.8) is 0 Å². The first kappa shape index (κ1) is 10.7. The molecule has 0 atom stereocenters. The fourth-order valence-corrected chi connectivity index (χ4v) is 1.40. The fraction of sp³-hybridized carbons (Fsp3) is 0.556. The van der Waals surface area contributed by atoms with Gasteiger partial charge < -0.3 is 9.84 Å². The molecule has 0 aromatic carbocycles. The molecule has 2 rings (SSSR count). The summed E-state index contributed by atoms with van der Waals surface area (Å²) in [5.74, 6) is 1.45. The first-order chi connectivity index (χ1) is 7.63. The Morgan fingerprint density at radius 2 is 2.31 bits per heavy atom. The molecule has 2 heterocycles. The lowest BCUT2D eigenvalue weighted by Crippen LogP contribution is -2.36. The maximum atomic E-state index is 5.19. The number of H-pyrrole nitrogens is 1. The van der Waals surface area contributed by atoms with Crippen LogP contribution in [0.15, 0.2) is 10.9 Å². The summed E-state index contributed by atoms with van der Waals surface area (Å²) in [6.07, 6.45) is 1.40. The summed E-state index contributed by atoms with van der Waals surface area (Å²) in [5, 5.41) is 13.5. The fourth-order valence-electron chi connectivity index (χ4n) is 1.40. The molecule has 0 unspecified atom stereocenters. The number of nitrogens with one attached hydrogen (secondary N) is 2. The first-order valence-corrected chi connectivity index (χ1v) is 5.08. The SMILES string of the molecule is CCNC(C)(C)c1nc(-c2ncn[nH]2)no1. The van der Waals surface area contributed by atoms with Crippen LogP contribution in [0.25, 0.3) is 11.6 Å². The van der Waals surface area contributed by atoms with E-state index in [9.17, 15) is 0 Å². The van der Waals surface area contributed by atoms with Crippen molar-refractivity contribution in [1.29, 1.82) is 0 Å². The minimum absolute atomic E-state index is 0.347. The quantitative estimate of drug-likeness (QED) is 0.791. The predicted octanol–water partition coefficient (Wildman–Crippen LogP) is 0.699. The zero-order valence-electron chi connectivity index (χ0n) is 9.48.